The second-order valence-corrected chi connectivity index (χ2v) is 5.79. The standard InChI is InChI=1S/C13H24N4O/c1-10(8-17-7-6-14-9-17)15-11(2)12(18)16-13(3,4)5/h6-7,9-11,15H,8H2,1-5H3,(H,16,18). The van der Waals surface area contributed by atoms with E-state index in [0.717, 1.165) is 6.54 Å². The van der Waals surface area contributed by atoms with Crippen molar-refractivity contribution in [3.8, 4) is 0 Å². The van der Waals surface area contributed by atoms with Gasteiger partial charge in [-0.1, -0.05) is 0 Å². The molecule has 1 rings (SSSR count). The second-order valence-electron chi connectivity index (χ2n) is 5.79. The van der Waals surface area contributed by atoms with Crippen LogP contribution in [0.3, 0.4) is 0 Å². The van der Waals surface area contributed by atoms with Crippen molar-refractivity contribution in [1.82, 2.24) is 20.2 Å². The monoisotopic (exact) mass is 252 g/mol. The van der Waals surface area contributed by atoms with Crippen molar-refractivity contribution in [3.05, 3.63) is 18.7 Å². The number of nitrogens with zero attached hydrogens (tertiary/aromatic N) is 2. The second kappa shape index (κ2) is 6.00. The van der Waals surface area contributed by atoms with Gasteiger partial charge < -0.3 is 15.2 Å². The third kappa shape index (κ3) is 5.31. The van der Waals surface area contributed by atoms with Gasteiger partial charge in [0.15, 0.2) is 0 Å². The van der Waals surface area contributed by atoms with Crippen LogP contribution in [0.2, 0.25) is 0 Å². The number of carbonyl (C=O) groups is 1. The molecule has 0 aromatic carbocycles. The summed E-state index contributed by atoms with van der Waals surface area (Å²) in [6, 6.07) is 0.00247. The number of aromatic nitrogens is 2. The number of carbonyl (C=O) groups excluding carboxylic acids is 1. The molecule has 0 bridgehead atoms. The molecule has 2 atom stereocenters. The van der Waals surface area contributed by atoms with Crippen LogP contribution in [-0.4, -0.2) is 33.1 Å². The zero-order valence-corrected chi connectivity index (χ0v) is 11.9. The Kier molecular flexibility index (Phi) is 4.90. The Morgan fingerprint density at radius 3 is 2.56 bits per heavy atom. The Bertz CT molecular complexity index is 367. The van der Waals surface area contributed by atoms with Crippen molar-refractivity contribution in [2.75, 3.05) is 0 Å². The van der Waals surface area contributed by atoms with Gasteiger partial charge in [-0.3, -0.25) is 4.79 Å². The van der Waals surface area contributed by atoms with Gasteiger partial charge in [-0.25, -0.2) is 4.98 Å². The van der Waals surface area contributed by atoms with Gasteiger partial charge in [0.05, 0.1) is 12.4 Å². The average molecular weight is 252 g/mol. The van der Waals surface area contributed by atoms with Crippen molar-refractivity contribution < 1.29 is 4.79 Å². The number of amides is 1. The fraction of sp³-hybridized carbons (Fsp3) is 0.692. The molecule has 0 saturated carbocycles. The van der Waals surface area contributed by atoms with Gasteiger partial charge in [-0.05, 0) is 34.6 Å². The third-order valence-electron chi connectivity index (χ3n) is 2.47. The molecule has 2 N–H and O–H groups in total. The third-order valence-corrected chi connectivity index (χ3v) is 2.47. The van der Waals surface area contributed by atoms with Crippen LogP contribution in [0, 0.1) is 0 Å². The molecule has 18 heavy (non-hydrogen) atoms. The maximum absolute atomic E-state index is 11.9. The van der Waals surface area contributed by atoms with E-state index in [2.05, 4.69) is 22.5 Å². The van der Waals surface area contributed by atoms with E-state index in [0.29, 0.717) is 0 Å². The lowest BCUT2D eigenvalue weighted by molar-refractivity contribution is -0.124. The number of hydrogen-bond donors (Lipinski definition) is 2. The molecule has 0 aliphatic carbocycles. The van der Waals surface area contributed by atoms with Crippen LogP contribution in [0.1, 0.15) is 34.6 Å². The maximum atomic E-state index is 11.9. The predicted octanol–water partition coefficient (Wildman–Crippen LogP) is 1.16. The average Bonchev–Trinajstić information content (AvgIpc) is 2.67. The van der Waals surface area contributed by atoms with E-state index >= 15 is 0 Å². The Morgan fingerprint density at radius 1 is 1.39 bits per heavy atom. The minimum absolute atomic E-state index is 0.0278. The Balaban J connectivity index is 2.39. The molecule has 0 saturated heterocycles. The van der Waals surface area contributed by atoms with E-state index in [9.17, 15) is 4.79 Å². The summed E-state index contributed by atoms with van der Waals surface area (Å²) in [6.45, 7) is 10.7. The first-order valence-corrected chi connectivity index (χ1v) is 6.32. The quantitative estimate of drug-likeness (QED) is 0.827. The Hall–Kier alpha value is -1.36. The van der Waals surface area contributed by atoms with Gasteiger partial charge in [0.25, 0.3) is 0 Å². The number of rotatable bonds is 5. The predicted molar refractivity (Wildman–Crippen MR) is 72.2 cm³/mol. The summed E-state index contributed by atoms with van der Waals surface area (Å²) in [5.41, 5.74) is -0.194. The topological polar surface area (TPSA) is 59.0 Å². The molecule has 0 radical (unpaired) electrons. The van der Waals surface area contributed by atoms with Crippen molar-refractivity contribution in [3.63, 3.8) is 0 Å². The number of nitrogens with one attached hydrogen (secondary N) is 2. The van der Waals surface area contributed by atoms with Crippen LogP contribution in [-0.2, 0) is 11.3 Å². The van der Waals surface area contributed by atoms with Crippen LogP contribution < -0.4 is 10.6 Å². The van der Waals surface area contributed by atoms with Gasteiger partial charge in [0.2, 0.25) is 5.91 Å². The summed E-state index contributed by atoms with van der Waals surface area (Å²) in [5, 5.41) is 6.24. The summed E-state index contributed by atoms with van der Waals surface area (Å²) in [4.78, 5) is 15.9. The highest BCUT2D eigenvalue weighted by Gasteiger charge is 2.20. The van der Waals surface area contributed by atoms with Gasteiger partial charge >= 0.3 is 0 Å². The van der Waals surface area contributed by atoms with E-state index in [1.807, 2.05) is 38.5 Å². The van der Waals surface area contributed by atoms with Crippen LogP contribution in [0.25, 0.3) is 0 Å². The maximum Gasteiger partial charge on any atom is 0.237 e. The summed E-state index contributed by atoms with van der Waals surface area (Å²) < 4.78 is 1.99. The zero-order valence-electron chi connectivity index (χ0n) is 11.9. The van der Waals surface area contributed by atoms with E-state index in [-0.39, 0.29) is 23.5 Å². The Labute approximate surface area is 109 Å². The molecule has 5 nitrogen and oxygen atoms in total. The summed E-state index contributed by atoms with van der Waals surface area (Å²) in [6.07, 6.45) is 5.44. The zero-order chi connectivity index (χ0) is 13.8. The SMILES string of the molecule is CC(Cn1ccnc1)NC(C)C(=O)NC(C)(C)C. The largest absolute Gasteiger partial charge is 0.350 e. The smallest absolute Gasteiger partial charge is 0.237 e. The molecular formula is C13H24N4O. The molecule has 1 amide bonds. The molecule has 1 aromatic heterocycles. The fourth-order valence-electron chi connectivity index (χ4n) is 1.74. The molecular weight excluding hydrogens is 228 g/mol. The van der Waals surface area contributed by atoms with Gasteiger partial charge in [0, 0.05) is 30.5 Å². The molecule has 2 unspecified atom stereocenters. The van der Waals surface area contributed by atoms with Crippen molar-refractivity contribution >= 4 is 5.91 Å². The van der Waals surface area contributed by atoms with Gasteiger partial charge in [-0.2, -0.15) is 0 Å². The van der Waals surface area contributed by atoms with Crippen molar-refractivity contribution in [1.29, 1.82) is 0 Å². The molecule has 5 heteroatoms. The minimum Gasteiger partial charge on any atom is -0.350 e. The summed E-state index contributed by atoms with van der Waals surface area (Å²) >= 11 is 0. The first-order chi connectivity index (χ1) is 8.28. The van der Waals surface area contributed by atoms with E-state index in [4.69, 9.17) is 0 Å². The van der Waals surface area contributed by atoms with Crippen LogP contribution >= 0.6 is 0 Å². The van der Waals surface area contributed by atoms with E-state index in [1.165, 1.54) is 0 Å². The molecule has 1 aromatic rings. The Morgan fingerprint density at radius 2 is 2.06 bits per heavy atom. The number of hydrogen-bond acceptors (Lipinski definition) is 3. The summed E-state index contributed by atoms with van der Waals surface area (Å²) in [7, 11) is 0. The van der Waals surface area contributed by atoms with Gasteiger partial charge in [0.1, 0.15) is 0 Å². The van der Waals surface area contributed by atoms with Crippen molar-refractivity contribution in [2.45, 2.75) is 58.8 Å². The fourth-order valence-corrected chi connectivity index (χ4v) is 1.74. The molecule has 0 spiro atoms. The van der Waals surface area contributed by atoms with Gasteiger partial charge in [-0.15, -0.1) is 0 Å². The lowest BCUT2D eigenvalue weighted by Crippen LogP contribution is -2.51. The molecule has 0 aliphatic rings. The lowest BCUT2D eigenvalue weighted by Gasteiger charge is -2.25. The molecule has 0 fully saturated rings. The lowest BCUT2D eigenvalue weighted by atomic mass is 10.1. The normalized spacial score (nSPS) is 15.2. The van der Waals surface area contributed by atoms with E-state index < -0.39 is 0 Å². The first-order valence-electron chi connectivity index (χ1n) is 6.32. The molecule has 1 heterocycles. The minimum atomic E-state index is -0.206. The van der Waals surface area contributed by atoms with Crippen LogP contribution in [0.5, 0.6) is 0 Å². The summed E-state index contributed by atoms with van der Waals surface area (Å²) in [5.74, 6) is 0.0278. The van der Waals surface area contributed by atoms with E-state index in [1.54, 1.807) is 12.5 Å². The van der Waals surface area contributed by atoms with Crippen LogP contribution in [0.4, 0.5) is 0 Å². The van der Waals surface area contributed by atoms with Crippen LogP contribution in [0.15, 0.2) is 18.7 Å². The number of imidazole rings is 1. The first kappa shape index (κ1) is 14.7. The highest BCUT2D eigenvalue weighted by atomic mass is 16.2. The molecule has 102 valence electrons. The molecule has 0 aliphatic heterocycles. The highest BCUT2D eigenvalue weighted by Crippen LogP contribution is 2.00. The van der Waals surface area contributed by atoms with Crippen molar-refractivity contribution in [2.24, 2.45) is 0 Å². The highest BCUT2D eigenvalue weighted by molar-refractivity contribution is 5.81.